The fourth-order valence-corrected chi connectivity index (χ4v) is 3.66. The Bertz CT molecular complexity index is 1070. The number of ether oxygens (including phenoxy) is 1. The molecule has 0 aliphatic heterocycles. The molecule has 0 saturated carbocycles. The Morgan fingerprint density at radius 3 is 2.85 bits per heavy atom. The number of nitrogens with zero attached hydrogens (tertiary/aromatic N) is 2. The maximum atomic E-state index is 12.7. The SMILES string of the molecule is CCOc1ccccc1C(=O)Nc1cccc(-c2nc3cccnc3s2)c1. The molecule has 0 saturated heterocycles. The summed E-state index contributed by atoms with van der Waals surface area (Å²) in [5.41, 5.74) is 3.02. The van der Waals surface area contributed by atoms with Gasteiger partial charge < -0.3 is 10.1 Å². The van der Waals surface area contributed by atoms with Gasteiger partial charge in [0.1, 0.15) is 21.1 Å². The second-order valence-corrected chi connectivity index (χ2v) is 6.79. The van der Waals surface area contributed by atoms with Gasteiger partial charge in [0, 0.05) is 17.4 Å². The van der Waals surface area contributed by atoms with Gasteiger partial charge in [0.25, 0.3) is 5.91 Å². The second kappa shape index (κ2) is 7.55. The molecule has 0 radical (unpaired) electrons. The molecule has 0 fully saturated rings. The summed E-state index contributed by atoms with van der Waals surface area (Å²) >= 11 is 1.53. The van der Waals surface area contributed by atoms with Crippen LogP contribution in [0.3, 0.4) is 0 Å². The van der Waals surface area contributed by atoms with E-state index < -0.39 is 0 Å². The highest BCUT2D eigenvalue weighted by atomic mass is 32.1. The molecule has 5 nitrogen and oxygen atoms in total. The number of amides is 1. The van der Waals surface area contributed by atoms with Gasteiger partial charge in [-0.15, -0.1) is 0 Å². The van der Waals surface area contributed by atoms with Gasteiger partial charge in [-0.2, -0.15) is 0 Å². The van der Waals surface area contributed by atoms with E-state index in [1.165, 1.54) is 11.3 Å². The van der Waals surface area contributed by atoms with E-state index in [9.17, 15) is 4.79 Å². The van der Waals surface area contributed by atoms with Crippen LogP contribution in [0.15, 0.2) is 66.9 Å². The molecule has 1 amide bonds. The van der Waals surface area contributed by atoms with Crippen LogP contribution in [0.1, 0.15) is 17.3 Å². The third kappa shape index (κ3) is 3.66. The Kier molecular flexibility index (Phi) is 4.80. The quantitative estimate of drug-likeness (QED) is 0.533. The number of hydrogen-bond acceptors (Lipinski definition) is 5. The van der Waals surface area contributed by atoms with Gasteiger partial charge >= 0.3 is 0 Å². The first-order valence-corrected chi connectivity index (χ1v) is 9.41. The lowest BCUT2D eigenvalue weighted by Crippen LogP contribution is -2.13. The Morgan fingerprint density at radius 1 is 1.11 bits per heavy atom. The molecular formula is C21H17N3O2S. The summed E-state index contributed by atoms with van der Waals surface area (Å²) in [7, 11) is 0. The molecule has 2 aromatic carbocycles. The van der Waals surface area contributed by atoms with Crippen LogP contribution in [0.25, 0.3) is 20.9 Å². The topological polar surface area (TPSA) is 64.1 Å². The number of pyridine rings is 1. The van der Waals surface area contributed by atoms with Crippen molar-refractivity contribution in [2.45, 2.75) is 6.92 Å². The first kappa shape index (κ1) is 17.2. The highest BCUT2D eigenvalue weighted by molar-refractivity contribution is 7.21. The number of carbonyl (C=O) groups excluding carboxylic acids is 1. The third-order valence-corrected chi connectivity index (χ3v) is 4.99. The predicted molar refractivity (Wildman–Crippen MR) is 108 cm³/mol. The summed E-state index contributed by atoms with van der Waals surface area (Å²) in [5.74, 6) is 0.369. The van der Waals surface area contributed by atoms with Crippen LogP contribution in [-0.2, 0) is 0 Å². The molecule has 0 unspecified atom stereocenters. The number of benzene rings is 2. The molecule has 0 aliphatic rings. The first-order valence-electron chi connectivity index (χ1n) is 8.60. The van der Waals surface area contributed by atoms with E-state index in [0.717, 1.165) is 20.9 Å². The van der Waals surface area contributed by atoms with Gasteiger partial charge in [0.2, 0.25) is 0 Å². The minimum Gasteiger partial charge on any atom is -0.493 e. The molecule has 27 heavy (non-hydrogen) atoms. The van der Waals surface area contributed by atoms with Crippen LogP contribution in [-0.4, -0.2) is 22.5 Å². The number of thiazole rings is 1. The van der Waals surface area contributed by atoms with Gasteiger partial charge in [-0.05, 0) is 43.3 Å². The molecule has 2 heterocycles. The maximum absolute atomic E-state index is 12.7. The van der Waals surface area contributed by atoms with Crippen molar-refractivity contribution in [3.63, 3.8) is 0 Å². The lowest BCUT2D eigenvalue weighted by atomic mass is 10.1. The van der Waals surface area contributed by atoms with Gasteiger partial charge in [-0.25, -0.2) is 9.97 Å². The summed E-state index contributed by atoms with van der Waals surface area (Å²) < 4.78 is 5.55. The number of rotatable bonds is 5. The van der Waals surface area contributed by atoms with Crippen LogP contribution in [0, 0.1) is 0 Å². The lowest BCUT2D eigenvalue weighted by molar-refractivity contribution is 0.102. The Morgan fingerprint density at radius 2 is 2.00 bits per heavy atom. The number of fused-ring (bicyclic) bond motifs is 1. The number of nitrogens with one attached hydrogen (secondary N) is 1. The van der Waals surface area contributed by atoms with E-state index in [-0.39, 0.29) is 5.91 Å². The Balaban J connectivity index is 1.60. The number of carbonyl (C=O) groups is 1. The largest absolute Gasteiger partial charge is 0.493 e. The summed E-state index contributed by atoms with van der Waals surface area (Å²) in [6.07, 6.45) is 1.76. The van der Waals surface area contributed by atoms with Crippen molar-refractivity contribution in [2.75, 3.05) is 11.9 Å². The Labute approximate surface area is 160 Å². The number of anilines is 1. The van der Waals surface area contributed by atoms with Crippen LogP contribution < -0.4 is 10.1 Å². The molecule has 0 aliphatic carbocycles. The van der Waals surface area contributed by atoms with Crippen LogP contribution in [0.4, 0.5) is 5.69 Å². The zero-order valence-corrected chi connectivity index (χ0v) is 15.5. The van der Waals surface area contributed by atoms with Gasteiger partial charge in [-0.1, -0.05) is 35.6 Å². The average Bonchev–Trinajstić information content (AvgIpc) is 3.13. The third-order valence-electron chi connectivity index (χ3n) is 3.97. The van der Waals surface area contributed by atoms with Gasteiger partial charge in [0.15, 0.2) is 0 Å². The molecule has 4 aromatic rings. The summed E-state index contributed by atoms with van der Waals surface area (Å²) in [6.45, 7) is 2.40. The minimum absolute atomic E-state index is 0.206. The number of para-hydroxylation sites is 1. The van der Waals surface area contributed by atoms with Crippen molar-refractivity contribution in [1.82, 2.24) is 9.97 Å². The van der Waals surface area contributed by atoms with E-state index >= 15 is 0 Å². The van der Waals surface area contributed by atoms with Crippen LogP contribution in [0.2, 0.25) is 0 Å². The normalized spacial score (nSPS) is 10.7. The predicted octanol–water partition coefficient (Wildman–Crippen LogP) is 5.01. The zero-order chi connectivity index (χ0) is 18.6. The molecule has 0 spiro atoms. The molecular weight excluding hydrogens is 358 g/mol. The number of hydrogen-bond donors (Lipinski definition) is 1. The molecule has 1 N–H and O–H groups in total. The maximum Gasteiger partial charge on any atom is 0.259 e. The van der Waals surface area contributed by atoms with Crippen molar-refractivity contribution in [3.05, 3.63) is 72.4 Å². The molecule has 0 atom stereocenters. The van der Waals surface area contributed by atoms with Crippen molar-refractivity contribution >= 4 is 33.3 Å². The minimum atomic E-state index is -0.206. The van der Waals surface area contributed by atoms with E-state index in [1.807, 2.05) is 55.5 Å². The van der Waals surface area contributed by atoms with E-state index in [0.29, 0.717) is 23.6 Å². The second-order valence-electron chi connectivity index (χ2n) is 5.81. The highest BCUT2D eigenvalue weighted by Gasteiger charge is 2.13. The molecule has 134 valence electrons. The van der Waals surface area contributed by atoms with Crippen LogP contribution >= 0.6 is 11.3 Å². The van der Waals surface area contributed by atoms with Gasteiger partial charge in [0.05, 0.1) is 12.2 Å². The molecule has 4 rings (SSSR count). The van der Waals surface area contributed by atoms with Crippen molar-refractivity contribution < 1.29 is 9.53 Å². The lowest BCUT2D eigenvalue weighted by Gasteiger charge is -2.11. The monoisotopic (exact) mass is 375 g/mol. The highest BCUT2D eigenvalue weighted by Crippen LogP contribution is 2.30. The fraction of sp³-hybridized carbons (Fsp3) is 0.0952. The summed E-state index contributed by atoms with van der Waals surface area (Å²) in [4.78, 5) is 22.5. The smallest absolute Gasteiger partial charge is 0.259 e. The summed E-state index contributed by atoms with van der Waals surface area (Å²) in [5, 5.41) is 3.81. The Hall–Kier alpha value is -3.25. The standard InChI is InChI=1S/C21H17N3O2S/c1-2-26-18-11-4-3-9-16(18)19(25)23-15-8-5-7-14(13-15)20-24-17-10-6-12-22-21(17)27-20/h3-13H,2H2,1H3,(H,23,25). The number of aromatic nitrogens is 2. The summed E-state index contributed by atoms with van der Waals surface area (Å²) in [6, 6.07) is 18.7. The van der Waals surface area contributed by atoms with Crippen molar-refractivity contribution in [2.24, 2.45) is 0 Å². The fourth-order valence-electron chi connectivity index (χ4n) is 2.76. The van der Waals surface area contributed by atoms with Gasteiger partial charge in [-0.3, -0.25) is 4.79 Å². The molecule has 2 aromatic heterocycles. The average molecular weight is 375 g/mol. The first-order chi connectivity index (χ1) is 13.2. The molecule has 0 bridgehead atoms. The van der Waals surface area contributed by atoms with E-state index in [2.05, 4.69) is 15.3 Å². The van der Waals surface area contributed by atoms with E-state index in [4.69, 9.17) is 4.74 Å². The van der Waals surface area contributed by atoms with Crippen LogP contribution in [0.5, 0.6) is 5.75 Å². The zero-order valence-electron chi connectivity index (χ0n) is 14.7. The van der Waals surface area contributed by atoms with Crippen molar-refractivity contribution in [1.29, 1.82) is 0 Å². The van der Waals surface area contributed by atoms with E-state index in [1.54, 1.807) is 18.3 Å². The molecule has 6 heteroatoms. The van der Waals surface area contributed by atoms with Crippen molar-refractivity contribution in [3.8, 4) is 16.3 Å².